The van der Waals surface area contributed by atoms with Gasteiger partial charge in [-0.25, -0.2) is 0 Å². The second-order valence-electron chi connectivity index (χ2n) is 2.97. The van der Waals surface area contributed by atoms with Crippen molar-refractivity contribution in [2.75, 3.05) is 6.54 Å². The van der Waals surface area contributed by atoms with E-state index in [-0.39, 0.29) is 11.0 Å². The van der Waals surface area contributed by atoms with Gasteiger partial charge in [0.2, 0.25) is 0 Å². The molecule has 1 atom stereocenters. The van der Waals surface area contributed by atoms with Crippen LogP contribution in [0.4, 0.5) is 5.00 Å². The highest BCUT2D eigenvalue weighted by Crippen LogP contribution is 2.29. The average Bonchev–Trinajstić information content (AvgIpc) is 2.62. The third kappa shape index (κ3) is 2.76. The monoisotopic (exact) mass is 215 g/mol. The Hall–Kier alpha value is -0.980. The first-order chi connectivity index (χ1) is 6.65. The predicted molar refractivity (Wildman–Crippen MR) is 56.2 cm³/mol. The van der Waals surface area contributed by atoms with Crippen molar-refractivity contribution in [2.24, 2.45) is 11.5 Å². The maximum absolute atomic E-state index is 10.4. The van der Waals surface area contributed by atoms with E-state index in [0.29, 0.717) is 6.54 Å². The SMILES string of the molecule is NCCC[C@H](N)c1ccc([N+](=O)[O-])s1. The summed E-state index contributed by atoms with van der Waals surface area (Å²) < 4.78 is 0. The molecule has 0 bridgehead atoms. The van der Waals surface area contributed by atoms with Crippen molar-refractivity contribution >= 4 is 16.3 Å². The summed E-state index contributed by atoms with van der Waals surface area (Å²) in [4.78, 5) is 10.9. The summed E-state index contributed by atoms with van der Waals surface area (Å²) in [5.41, 5.74) is 11.2. The van der Waals surface area contributed by atoms with Gasteiger partial charge in [0.25, 0.3) is 0 Å². The number of nitrogens with two attached hydrogens (primary N) is 2. The molecule has 14 heavy (non-hydrogen) atoms. The van der Waals surface area contributed by atoms with Gasteiger partial charge in [0.1, 0.15) is 0 Å². The fraction of sp³-hybridized carbons (Fsp3) is 0.500. The summed E-state index contributed by atoms with van der Waals surface area (Å²) in [5, 5.41) is 10.5. The fourth-order valence-corrected chi connectivity index (χ4v) is 1.98. The smallest absolute Gasteiger partial charge is 0.324 e. The Morgan fingerprint density at radius 1 is 1.57 bits per heavy atom. The van der Waals surface area contributed by atoms with Crippen LogP contribution < -0.4 is 11.5 Å². The second-order valence-corrected chi connectivity index (χ2v) is 4.06. The minimum Gasteiger partial charge on any atom is -0.330 e. The van der Waals surface area contributed by atoms with Crippen molar-refractivity contribution in [3.05, 3.63) is 27.1 Å². The molecule has 0 aromatic carbocycles. The Balaban J connectivity index is 2.61. The molecule has 0 saturated carbocycles. The molecule has 0 amide bonds. The number of thiophene rings is 1. The van der Waals surface area contributed by atoms with Crippen molar-refractivity contribution < 1.29 is 4.92 Å². The third-order valence-corrected chi connectivity index (χ3v) is 3.05. The molecule has 1 aromatic rings. The predicted octanol–water partition coefficient (Wildman–Crippen LogP) is 1.40. The zero-order valence-electron chi connectivity index (χ0n) is 7.68. The van der Waals surface area contributed by atoms with Gasteiger partial charge in [0.15, 0.2) is 0 Å². The van der Waals surface area contributed by atoms with Gasteiger partial charge in [-0.3, -0.25) is 10.1 Å². The molecular formula is C8H13N3O2S. The van der Waals surface area contributed by atoms with Crippen LogP contribution in [0.1, 0.15) is 23.8 Å². The maximum atomic E-state index is 10.4. The van der Waals surface area contributed by atoms with Crippen molar-refractivity contribution in [3.63, 3.8) is 0 Å². The molecule has 0 unspecified atom stereocenters. The Bertz CT molecular complexity index is 313. The van der Waals surface area contributed by atoms with Crippen LogP contribution in [0, 0.1) is 10.1 Å². The first kappa shape index (κ1) is 11.1. The van der Waals surface area contributed by atoms with E-state index >= 15 is 0 Å². The Morgan fingerprint density at radius 2 is 2.29 bits per heavy atom. The Labute approximate surface area is 85.9 Å². The highest BCUT2D eigenvalue weighted by atomic mass is 32.1. The zero-order chi connectivity index (χ0) is 10.6. The van der Waals surface area contributed by atoms with Crippen LogP contribution in [-0.2, 0) is 0 Å². The average molecular weight is 215 g/mol. The fourth-order valence-electron chi connectivity index (χ4n) is 1.12. The Morgan fingerprint density at radius 3 is 2.79 bits per heavy atom. The molecule has 1 rings (SSSR count). The van der Waals surface area contributed by atoms with Crippen molar-refractivity contribution in [3.8, 4) is 0 Å². The molecule has 0 fully saturated rings. The number of nitro groups is 1. The van der Waals surface area contributed by atoms with Crippen molar-refractivity contribution in [2.45, 2.75) is 18.9 Å². The van der Waals surface area contributed by atoms with Crippen LogP contribution >= 0.6 is 11.3 Å². The van der Waals surface area contributed by atoms with Crippen LogP contribution in [0.25, 0.3) is 0 Å². The van der Waals surface area contributed by atoms with E-state index in [0.717, 1.165) is 29.1 Å². The quantitative estimate of drug-likeness (QED) is 0.573. The van der Waals surface area contributed by atoms with E-state index in [1.54, 1.807) is 6.07 Å². The lowest BCUT2D eigenvalue weighted by Crippen LogP contribution is -2.10. The number of rotatable bonds is 5. The molecule has 0 spiro atoms. The minimum absolute atomic E-state index is 0.128. The lowest BCUT2D eigenvalue weighted by Gasteiger charge is -2.06. The summed E-state index contributed by atoms with van der Waals surface area (Å²) in [5.74, 6) is 0. The van der Waals surface area contributed by atoms with Crippen LogP contribution in [0.3, 0.4) is 0 Å². The lowest BCUT2D eigenvalue weighted by atomic mass is 10.1. The standard InChI is InChI=1S/C8H13N3O2S/c9-5-1-2-6(10)7-3-4-8(14-7)11(12)13/h3-4,6H,1-2,5,9-10H2/t6-/m0/s1. The lowest BCUT2D eigenvalue weighted by molar-refractivity contribution is -0.380. The molecule has 0 aliphatic carbocycles. The third-order valence-electron chi connectivity index (χ3n) is 1.88. The highest BCUT2D eigenvalue weighted by Gasteiger charge is 2.14. The van der Waals surface area contributed by atoms with E-state index in [1.807, 2.05) is 0 Å². The Kier molecular flexibility index (Phi) is 3.99. The molecule has 0 radical (unpaired) electrons. The molecule has 6 heteroatoms. The van der Waals surface area contributed by atoms with E-state index in [4.69, 9.17) is 11.5 Å². The summed E-state index contributed by atoms with van der Waals surface area (Å²) in [7, 11) is 0. The van der Waals surface area contributed by atoms with E-state index in [1.165, 1.54) is 6.07 Å². The van der Waals surface area contributed by atoms with E-state index < -0.39 is 4.92 Å². The van der Waals surface area contributed by atoms with Gasteiger partial charge in [-0.05, 0) is 25.5 Å². The number of hydrogen-bond acceptors (Lipinski definition) is 5. The number of hydrogen-bond donors (Lipinski definition) is 2. The van der Waals surface area contributed by atoms with Crippen LogP contribution in [0.2, 0.25) is 0 Å². The maximum Gasteiger partial charge on any atom is 0.324 e. The topological polar surface area (TPSA) is 95.2 Å². The summed E-state index contributed by atoms with van der Waals surface area (Å²) in [6, 6.07) is 3.07. The molecule has 78 valence electrons. The molecule has 0 saturated heterocycles. The summed E-state index contributed by atoms with van der Waals surface area (Å²) >= 11 is 1.13. The van der Waals surface area contributed by atoms with Crippen molar-refractivity contribution in [1.29, 1.82) is 0 Å². The number of nitrogens with zero attached hydrogens (tertiary/aromatic N) is 1. The second kappa shape index (κ2) is 5.04. The molecule has 4 N–H and O–H groups in total. The van der Waals surface area contributed by atoms with Gasteiger partial charge in [-0.1, -0.05) is 11.3 Å². The molecular weight excluding hydrogens is 202 g/mol. The molecule has 0 aliphatic heterocycles. The first-order valence-corrected chi connectivity index (χ1v) is 5.16. The van der Waals surface area contributed by atoms with Gasteiger partial charge in [-0.15, -0.1) is 0 Å². The minimum atomic E-state index is -0.399. The van der Waals surface area contributed by atoms with Crippen LogP contribution in [-0.4, -0.2) is 11.5 Å². The van der Waals surface area contributed by atoms with E-state index in [2.05, 4.69) is 0 Å². The molecule has 0 aliphatic rings. The summed E-state index contributed by atoms with van der Waals surface area (Å²) in [6.45, 7) is 0.598. The molecule has 1 heterocycles. The molecule has 1 aromatic heterocycles. The van der Waals surface area contributed by atoms with Crippen LogP contribution in [0.15, 0.2) is 12.1 Å². The van der Waals surface area contributed by atoms with Gasteiger partial charge in [-0.2, -0.15) is 0 Å². The van der Waals surface area contributed by atoms with Crippen molar-refractivity contribution in [1.82, 2.24) is 0 Å². The van der Waals surface area contributed by atoms with E-state index in [9.17, 15) is 10.1 Å². The van der Waals surface area contributed by atoms with Gasteiger partial charge in [0.05, 0.1) is 4.92 Å². The molecule has 5 nitrogen and oxygen atoms in total. The van der Waals surface area contributed by atoms with Gasteiger partial charge >= 0.3 is 5.00 Å². The zero-order valence-corrected chi connectivity index (χ0v) is 8.50. The normalized spacial score (nSPS) is 12.7. The first-order valence-electron chi connectivity index (χ1n) is 4.35. The largest absolute Gasteiger partial charge is 0.330 e. The summed E-state index contributed by atoms with van der Waals surface area (Å²) in [6.07, 6.45) is 1.61. The van der Waals surface area contributed by atoms with Gasteiger partial charge in [0, 0.05) is 17.0 Å². The van der Waals surface area contributed by atoms with Gasteiger partial charge < -0.3 is 11.5 Å². The van der Waals surface area contributed by atoms with Crippen LogP contribution in [0.5, 0.6) is 0 Å². The highest BCUT2D eigenvalue weighted by molar-refractivity contribution is 7.15.